The summed E-state index contributed by atoms with van der Waals surface area (Å²) in [5.74, 6) is 4.85. The van der Waals surface area contributed by atoms with E-state index in [4.69, 9.17) is 16.3 Å². The standard InChI is InChI=1S/C32H38ClNO4/c1-37-29(35)3-2-12-38-25-7-4-21(5-8-25)22-6-9-26(28(33)18-22)31(27-10-11-34-32(27)36)30-23-14-19-13-20(16-23)17-24(30)15-19/h4-9,18-20,23-24,27,30-31H,2-3,10-17H2,1H3,(H,34,36). The molecule has 7 rings (SSSR count). The molecule has 202 valence electrons. The van der Waals surface area contributed by atoms with Crippen molar-refractivity contribution in [3.8, 4) is 16.9 Å². The van der Waals surface area contributed by atoms with Crippen LogP contribution < -0.4 is 10.1 Å². The van der Waals surface area contributed by atoms with Gasteiger partial charge in [-0.15, -0.1) is 0 Å². The number of nitrogens with one attached hydrogen (secondary N) is 1. The maximum absolute atomic E-state index is 13.0. The van der Waals surface area contributed by atoms with Gasteiger partial charge in [-0.1, -0.05) is 35.9 Å². The molecule has 2 unspecified atom stereocenters. The van der Waals surface area contributed by atoms with Crippen molar-refractivity contribution >= 4 is 23.5 Å². The first-order valence-corrected chi connectivity index (χ1v) is 14.7. The number of esters is 1. The van der Waals surface area contributed by atoms with Crippen molar-refractivity contribution in [2.24, 2.45) is 35.5 Å². The summed E-state index contributed by atoms with van der Waals surface area (Å²) >= 11 is 7.07. The number of carbonyl (C=O) groups excluding carboxylic acids is 2. The van der Waals surface area contributed by atoms with Gasteiger partial charge >= 0.3 is 5.97 Å². The van der Waals surface area contributed by atoms with Crippen LogP contribution >= 0.6 is 11.6 Å². The Balaban J connectivity index is 1.21. The third-order valence-electron chi connectivity index (χ3n) is 9.81. The highest BCUT2D eigenvalue weighted by Gasteiger charge is 2.53. The molecule has 1 saturated heterocycles. The summed E-state index contributed by atoms with van der Waals surface area (Å²) in [6.07, 6.45) is 8.68. The second-order valence-electron chi connectivity index (χ2n) is 12.0. The molecule has 1 N–H and O–H groups in total. The number of hydrogen-bond acceptors (Lipinski definition) is 4. The molecule has 5 aliphatic rings. The minimum absolute atomic E-state index is 0.0245. The minimum Gasteiger partial charge on any atom is -0.494 e. The molecule has 1 amide bonds. The van der Waals surface area contributed by atoms with Gasteiger partial charge in [0.15, 0.2) is 0 Å². The first-order chi connectivity index (χ1) is 18.5. The van der Waals surface area contributed by atoms with E-state index < -0.39 is 0 Å². The average molecular weight is 536 g/mol. The molecule has 38 heavy (non-hydrogen) atoms. The number of rotatable bonds is 9. The van der Waals surface area contributed by atoms with E-state index in [0.29, 0.717) is 25.4 Å². The molecule has 5 nitrogen and oxygen atoms in total. The molecule has 2 atom stereocenters. The van der Waals surface area contributed by atoms with Crippen molar-refractivity contribution in [3.63, 3.8) is 0 Å². The zero-order valence-corrected chi connectivity index (χ0v) is 22.9. The highest BCUT2D eigenvalue weighted by molar-refractivity contribution is 6.31. The number of carbonyl (C=O) groups is 2. The van der Waals surface area contributed by atoms with Crippen molar-refractivity contribution in [1.82, 2.24) is 5.32 Å². The summed E-state index contributed by atoms with van der Waals surface area (Å²) in [7, 11) is 1.40. The Morgan fingerprint density at radius 2 is 1.68 bits per heavy atom. The molecule has 1 aliphatic heterocycles. The monoisotopic (exact) mass is 535 g/mol. The zero-order valence-electron chi connectivity index (χ0n) is 22.2. The first kappa shape index (κ1) is 25.7. The average Bonchev–Trinajstić information content (AvgIpc) is 3.34. The molecular formula is C32H38ClNO4. The number of amides is 1. The lowest BCUT2D eigenvalue weighted by molar-refractivity contribution is -0.140. The van der Waals surface area contributed by atoms with E-state index in [1.165, 1.54) is 44.8 Å². The fourth-order valence-corrected chi connectivity index (χ4v) is 8.74. The van der Waals surface area contributed by atoms with Crippen LogP contribution in [0.1, 0.15) is 62.8 Å². The Kier molecular flexibility index (Phi) is 7.39. The molecular weight excluding hydrogens is 498 g/mol. The van der Waals surface area contributed by atoms with Crippen molar-refractivity contribution < 1.29 is 19.1 Å². The van der Waals surface area contributed by atoms with Crippen molar-refractivity contribution in [3.05, 3.63) is 53.1 Å². The molecule has 2 aromatic rings. The molecule has 5 fully saturated rings. The SMILES string of the molecule is COC(=O)CCCOc1ccc(-c2ccc(C(C3CCNC3=O)C3C4CC5CC(C4)CC3C5)c(Cl)c2)cc1. The molecule has 0 aromatic heterocycles. The molecule has 1 heterocycles. The summed E-state index contributed by atoms with van der Waals surface area (Å²) in [5, 5.41) is 3.90. The highest BCUT2D eigenvalue weighted by Crippen LogP contribution is 2.61. The summed E-state index contributed by atoms with van der Waals surface area (Å²) in [6.45, 7) is 1.25. The van der Waals surface area contributed by atoms with Gasteiger partial charge in [0, 0.05) is 29.8 Å². The van der Waals surface area contributed by atoms with Crippen LogP contribution in [-0.2, 0) is 14.3 Å². The number of methoxy groups -OCH3 is 1. The predicted molar refractivity (Wildman–Crippen MR) is 148 cm³/mol. The third kappa shape index (κ3) is 5.06. The quantitative estimate of drug-likeness (QED) is 0.289. The molecule has 0 spiro atoms. The van der Waals surface area contributed by atoms with Gasteiger partial charge in [0.2, 0.25) is 5.91 Å². The molecule has 6 heteroatoms. The zero-order chi connectivity index (χ0) is 26.2. The van der Waals surface area contributed by atoms with Crippen molar-refractivity contribution in [2.75, 3.05) is 20.3 Å². The Bertz CT molecular complexity index is 1150. The molecule has 4 saturated carbocycles. The molecule has 0 radical (unpaired) electrons. The number of benzene rings is 2. The number of halogens is 1. The van der Waals surface area contributed by atoms with Crippen LogP contribution in [0.4, 0.5) is 0 Å². The topological polar surface area (TPSA) is 64.6 Å². The van der Waals surface area contributed by atoms with Crippen LogP contribution in [0.2, 0.25) is 5.02 Å². The second-order valence-corrected chi connectivity index (χ2v) is 12.4. The van der Waals surface area contributed by atoms with Crippen LogP contribution in [0.25, 0.3) is 11.1 Å². The summed E-state index contributed by atoms with van der Waals surface area (Å²) in [4.78, 5) is 24.3. The number of hydrogen-bond donors (Lipinski definition) is 1. The van der Waals surface area contributed by atoms with Gasteiger partial charge < -0.3 is 14.8 Å². The van der Waals surface area contributed by atoms with Crippen molar-refractivity contribution in [1.29, 1.82) is 0 Å². The van der Waals surface area contributed by atoms with Crippen LogP contribution in [0, 0.1) is 35.5 Å². The molecule has 4 aliphatic carbocycles. The van der Waals surface area contributed by atoms with E-state index in [1.54, 1.807) is 0 Å². The van der Waals surface area contributed by atoms with E-state index in [9.17, 15) is 9.59 Å². The fourth-order valence-electron chi connectivity index (χ4n) is 8.43. The van der Waals surface area contributed by atoms with Crippen LogP contribution in [0.5, 0.6) is 5.75 Å². The minimum atomic E-state index is -0.219. The van der Waals surface area contributed by atoms with E-state index in [0.717, 1.165) is 58.5 Å². The van der Waals surface area contributed by atoms with Gasteiger partial charge in [0.1, 0.15) is 5.75 Å². The third-order valence-corrected chi connectivity index (χ3v) is 10.1. The lowest BCUT2D eigenvalue weighted by atomic mass is 9.48. The Hall–Kier alpha value is -2.53. The van der Waals surface area contributed by atoms with Crippen LogP contribution in [0.3, 0.4) is 0 Å². The van der Waals surface area contributed by atoms with Gasteiger partial charge in [-0.3, -0.25) is 9.59 Å². The second kappa shape index (κ2) is 10.9. The largest absolute Gasteiger partial charge is 0.494 e. The normalized spacial score (nSPS) is 30.2. The lowest BCUT2D eigenvalue weighted by Crippen LogP contribution is -2.49. The maximum atomic E-state index is 13.0. The summed E-state index contributed by atoms with van der Waals surface area (Å²) in [6, 6.07) is 14.4. The Labute approximate surface area is 230 Å². The highest BCUT2D eigenvalue weighted by atomic mass is 35.5. The van der Waals surface area contributed by atoms with Crippen LogP contribution in [-0.4, -0.2) is 32.1 Å². The van der Waals surface area contributed by atoms with Crippen LogP contribution in [0.15, 0.2) is 42.5 Å². The Morgan fingerprint density at radius 1 is 1.00 bits per heavy atom. The predicted octanol–water partition coefficient (Wildman–Crippen LogP) is 6.63. The van der Waals surface area contributed by atoms with Crippen molar-refractivity contribution in [2.45, 2.75) is 57.3 Å². The summed E-state index contributed by atoms with van der Waals surface area (Å²) < 4.78 is 10.4. The van der Waals surface area contributed by atoms with Gasteiger partial charge in [-0.25, -0.2) is 0 Å². The van der Waals surface area contributed by atoms with E-state index in [-0.39, 0.29) is 23.7 Å². The Morgan fingerprint density at radius 3 is 2.29 bits per heavy atom. The molecule has 2 aromatic carbocycles. The number of ether oxygens (including phenoxy) is 2. The van der Waals surface area contributed by atoms with Gasteiger partial charge in [0.25, 0.3) is 0 Å². The summed E-state index contributed by atoms with van der Waals surface area (Å²) in [5.41, 5.74) is 3.31. The fraction of sp³-hybridized carbons (Fsp3) is 0.562. The lowest BCUT2D eigenvalue weighted by Gasteiger charge is -2.57. The maximum Gasteiger partial charge on any atom is 0.305 e. The van der Waals surface area contributed by atoms with E-state index in [1.807, 2.05) is 24.3 Å². The van der Waals surface area contributed by atoms with Gasteiger partial charge in [0.05, 0.1) is 13.7 Å². The first-order valence-electron chi connectivity index (χ1n) is 14.4. The molecule has 4 bridgehead atoms. The smallest absolute Gasteiger partial charge is 0.305 e. The van der Waals surface area contributed by atoms with Gasteiger partial charge in [-0.2, -0.15) is 0 Å². The van der Waals surface area contributed by atoms with Gasteiger partial charge in [-0.05, 0) is 109 Å². The van der Waals surface area contributed by atoms with E-state index in [2.05, 4.69) is 28.3 Å². The van der Waals surface area contributed by atoms with E-state index >= 15 is 0 Å².